The summed E-state index contributed by atoms with van der Waals surface area (Å²) in [4.78, 5) is 22.5. The van der Waals surface area contributed by atoms with Crippen LogP contribution in [0.2, 0.25) is 0 Å². The average molecular weight is 853 g/mol. The number of methoxy groups -OCH3 is 2. The monoisotopic (exact) mass is 852 g/mol. The number of carbonyl (C=O) groups excluding carboxylic acids is 2. The van der Waals surface area contributed by atoms with Crippen molar-refractivity contribution in [2.75, 3.05) is 14.2 Å². The zero-order chi connectivity index (χ0) is 40.9. The van der Waals surface area contributed by atoms with E-state index >= 15 is 0 Å². The Morgan fingerprint density at radius 1 is 0.582 bits per heavy atom. The standard InChI is InChI=1S/C24H26O3.C16H20.C8H7IO3/c1-23(2)12-13-24(3,4)20-14-16(7-11-19(20)23)6-8-17-9-10-18(15-21(17)25)22(26)27-5;1-6-12-7-8-13-14(11-12)16(4,5)10-9-15(13,2)3;1-12-8(11)5-2-3-6(9)7(10)4-5/h7,9-11,14-15,25H,12-13H2,1-5H3;1,7-8,11H,9-10H2,2-5H3;2-4,10H,1H3. The molecule has 0 unspecified atom stereocenters. The van der Waals surface area contributed by atoms with Crippen molar-refractivity contribution in [1.29, 1.82) is 0 Å². The van der Waals surface area contributed by atoms with Crippen molar-refractivity contribution in [3.63, 3.8) is 0 Å². The number of benzene rings is 4. The molecule has 0 saturated carbocycles. The molecule has 0 bridgehead atoms. The Bertz CT molecular complexity index is 2190. The molecule has 7 heteroatoms. The number of aromatic hydroxyl groups is 2. The maximum atomic E-state index is 11.5. The number of carbonyl (C=O) groups is 2. The zero-order valence-corrected chi connectivity index (χ0v) is 35.9. The predicted molar refractivity (Wildman–Crippen MR) is 229 cm³/mol. The van der Waals surface area contributed by atoms with Crippen molar-refractivity contribution in [1.82, 2.24) is 0 Å². The van der Waals surface area contributed by atoms with Gasteiger partial charge in [-0.15, -0.1) is 6.42 Å². The first-order valence-electron chi connectivity index (χ1n) is 18.4. The SMILES string of the molecule is C#Cc1ccc2c(c1)C(C)(C)CCC2(C)C.COC(=O)c1ccc(C#Cc2ccc3c(c2)C(C)(C)CCC3(C)C)c(O)c1.COC(=O)c1ccc(I)c(O)c1. The number of terminal acetylenes is 1. The van der Waals surface area contributed by atoms with Crippen molar-refractivity contribution in [3.05, 3.63) is 126 Å². The van der Waals surface area contributed by atoms with E-state index in [0.717, 1.165) is 17.5 Å². The molecule has 0 saturated heterocycles. The van der Waals surface area contributed by atoms with Gasteiger partial charge >= 0.3 is 11.9 Å². The maximum Gasteiger partial charge on any atom is 0.337 e. The van der Waals surface area contributed by atoms with E-state index in [1.807, 2.05) is 22.6 Å². The molecule has 2 aliphatic rings. The normalized spacial score (nSPS) is 16.3. The van der Waals surface area contributed by atoms with E-state index in [1.54, 1.807) is 24.3 Å². The molecular formula is C48H53IO6. The molecule has 0 fully saturated rings. The first-order chi connectivity index (χ1) is 25.7. The van der Waals surface area contributed by atoms with Gasteiger partial charge in [-0.1, -0.05) is 85.3 Å². The minimum atomic E-state index is -0.482. The fourth-order valence-corrected chi connectivity index (χ4v) is 7.46. The largest absolute Gasteiger partial charge is 0.507 e. The summed E-state index contributed by atoms with van der Waals surface area (Å²) in [6.07, 6.45) is 10.3. The highest BCUT2D eigenvalue weighted by atomic mass is 127. The van der Waals surface area contributed by atoms with Crippen molar-refractivity contribution in [2.24, 2.45) is 0 Å². The molecule has 0 atom stereocenters. The summed E-state index contributed by atoms with van der Waals surface area (Å²) >= 11 is 1.97. The third-order valence-corrected chi connectivity index (χ3v) is 11.9. The second-order valence-corrected chi connectivity index (χ2v) is 18.0. The Morgan fingerprint density at radius 2 is 1.00 bits per heavy atom. The topological polar surface area (TPSA) is 93.1 Å². The van der Waals surface area contributed by atoms with Crippen LogP contribution in [0.3, 0.4) is 0 Å². The van der Waals surface area contributed by atoms with E-state index in [0.29, 0.717) is 20.3 Å². The number of fused-ring (bicyclic) bond motifs is 2. The molecule has 0 aliphatic heterocycles. The van der Waals surface area contributed by atoms with Gasteiger partial charge in [-0.3, -0.25) is 0 Å². The van der Waals surface area contributed by atoms with Gasteiger partial charge in [-0.25, -0.2) is 9.59 Å². The molecule has 0 radical (unpaired) electrons. The summed E-state index contributed by atoms with van der Waals surface area (Å²) in [5.74, 6) is 8.06. The van der Waals surface area contributed by atoms with Crippen LogP contribution in [-0.4, -0.2) is 36.4 Å². The number of esters is 2. The van der Waals surface area contributed by atoms with Gasteiger partial charge in [0.25, 0.3) is 0 Å². The second kappa shape index (κ2) is 17.0. The fraction of sp³-hybridized carbons (Fsp3) is 0.375. The predicted octanol–water partition coefficient (Wildman–Crippen LogP) is 10.7. The lowest BCUT2D eigenvalue weighted by Gasteiger charge is -2.41. The van der Waals surface area contributed by atoms with Gasteiger partial charge in [0, 0.05) is 11.1 Å². The molecule has 0 spiro atoms. The highest BCUT2D eigenvalue weighted by Crippen LogP contribution is 2.47. The van der Waals surface area contributed by atoms with Crippen molar-refractivity contribution in [2.45, 2.75) is 103 Å². The molecule has 0 heterocycles. The molecule has 55 heavy (non-hydrogen) atoms. The summed E-state index contributed by atoms with van der Waals surface area (Å²) < 4.78 is 9.85. The Morgan fingerprint density at radius 3 is 1.44 bits per heavy atom. The van der Waals surface area contributed by atoms with E-state index in [9.17, 15) is 19.8 Å². The quantitative estimate of drug-likeness (QED) is 0.119. The highest BCUT2D eigenvalue weighted by molar-refractivity contribution is 14.1. The Kier molecular flexibility index (Phi) is 13.3. The first-order valence-corrected chi connectivity index (χ1v) is 19.5. The van der Waals surface area contributed by atoms with Gasteiger partial charge in [0.1, 0.15) is 11.5 Å². The number of hydrogen-bond donors (Lipinski definition) is 2. The molecule has 4 aromatic carbocycles. The van der Waals surface area contributed by atoms with Gasteiger partial charge in [0.15, 0.2) is 0 Å². The van der Waals surface area contributed by atoms with Crippen LogP contribution in [0.1, 0.15) is 141 Å². The third-order valence-electron chi connectivity index (χ3n) is 11.0. The number of ether oxygens (including phenoxy) is 2. The summed E-state index contributed by atoms with van der Waals surface area (Å²) in [6, 6.07) is 22.2. The smallest absolute Gasteiger partial charge is 0.337 e. The van der Waals surface area contributed by atoms with Gasteiger partial charge in [-0.05, 0) is 153 Å². The van der Waals surface area contributed by atoms with E-state index in [1.165, 1.54) is 67.9 Å². The molecule has 2 N–H and O–H groups in total. The lowest BCUT2D eigenvalue weighted by molar-refractivity contribution is 0.0591. The van der Waals surface area contributed by atoms with Crippen LogP contribution in [-0.2, 0) is 31.1 Å². The van der Waals surface area contributed by atoms with Crippen LogP contribution >= 0.6 is 22.6 Å². The van der Waals surface area contributed by atoms with Gasteiger partial charge in [-0.2, -0.15) is 0 Å². The Hall–Kier alpha value is -4.73. The van der Waals surface area contributed by atoms with Crippen LogP contribution in [0, 0.1) is 27.8 Å². The minimum Gasteiger partial charge on any atom is -0.507 e. The van der Waals surface area contributed by atoms with E-state index < -0.39 is 11.9 Å². The number of phenolic OH excluding ortho intramolecular Hbond substituents is 2. The van der Waals surface area contributed by atoms with Crippen molar-refractivity contribution in [3.8, 4) is 35.7 Å². The second-order valence-electron chi connectivity index (χ2n) is 16.8. The lowest BCUT2D eigenvalue weighted by atomic mass is 9.63. The molecular weight excluding hydrogens is 799 g/mol. The summed E-state index contributed by atoms with van der Waals surface area (Å²) in [5, 5.41) is 19.4. The summed E-state index contributed by atoms with van der Waals surface area (Å²) in [7, 11) is 2.61. The van der Waals surface area contributed by atoms with Crippen LogP contribution < -0.4 is 0 Å². The molecule has 6 rings (SSSR count). The van der Waals surface area contributed by atoms with Gasteiger partial charge in [0.2, 0.25) is 0 Å². The molecule has 288 valence electrons. The number of hydrogen-bond acceptors (Lipinski definition) is 6. The van der Waals surface area contributed by atoms with E-state index in [2.05, 4.69) is 119 Å². The Labute approximate surface area is 341 Å². The summed E-state index contributed by atoms with van der Waals surface area (Å²) in [5.41, 5.74) is 9.61. The highest BCUT2D eigenvalue weighted by Gasteiger charge is 2.38. The van der Waals surface area contributed by atoms with Gasteiger partial charge < -0.3 is 19.7 Å². The summed E-state index contributed by atoms with van der Waals surface area (Å²) in [6.45, 7) is 18.5. The number of phenols is 2. The van der Waals surface area contributed by atoms with E-state index in [4.69, 9.17) is 6.42 Å². The first kappa shape index (κ1) is 43.0. The van der Waals surface area contributed by atoms with E-state index in [-0.39, 0.29) is 33.2 Å². The molecule has 6 nitrogen and oxygen atoms in total. The molecule has 2 aliphatic carbocycles. The zero-order valence-electron chi connectivity index (χ0n) is 33.7. The van der Waals surface area contributed by atoms with Crippen LogP contribution in [0.25, 0.3) is 0 Å². The minimum absolute atomic E-state index is 0.0233. The fourth-order valence-electron chi connectivity index (χ4n) is 7.12. The lowest BCUT2D eigenvalue weighted by Crippen LogP contribution is -2.33. The van der Waals surface area contributed by atoms with Crippen molar-refractivity contribution >= 4 is 34.5 Å². The maximum absolute atomic E-state index is 11.5. The molecule has 0 amide bonds. The Balaban J connectivity index is 0.000000203. The molecule has 4 aromatic rings. The van der Waals surface area contributed by atoms with Crippen LogP contribution in [0.5, 0.6) is 11.5 Å². The van der Waals surface area contributed by atoms with Crippen LogP contribution in [0.15, 0.2) is 72.8 Å². The van der Waals surface area contributed by atoms with Crippen molar-refractivity contribution < 1.29 is 29.3 Å². The average Bonchev–Trinajstić information content (AvgIpc) is 3.15. The number of rotatable bonds is 2. The van der Waals surface area contributed by atoms with Gasteiger partial charge in [0.05, 0.1) is 34.5 Å². The third kappa shape index (κ3) is 10.1. The molecule has 0 aromatic heterocycles. The number of halogens is 1. The van der Waals surface area contributed by atoms with Crippen LogP contribution in [0.4, 0.5) is 0 Å².